The van der Waals surface area contributed by atoms with E-state index in [1.165, 1.54) is 29.6 Å². The molecule has 0 saturated heterocycles. The smallest absolute Gasteiger partial charge is 0.332 e. The van der Waals surface area contributed by atoms with Crippen LogP contribution in [0.15, 0.2) is 57.1 Å². The van der Waals surface area contributed by atoms with Crippen LogP contribution in [0.3, 0.4) is 0 Å². The second kappa shape index (κ2) is 7.23. The highest BCUT2D eigenvalue weighted by Crippen LogP contribution is 2.18. The Balaban J connectivity index is 1.51. The van der Waals surface area contributed by atoms with Crippen LogP contribution in [0.5, 0.6) is 0 Å². The van der Waals surface area contributed by atoms with Crippen LogP contribution < -0.4 is 16.6 Å². The molecule has 10 heteroatoms. The molecule has 0 saturated carbocycles. The van der Waals surface area contributed by atoms with Gasteiger partial charge in [-0.1, -0.05) is 0 Å². The zero-order valence-electron chi connectivity index (χ0n) is 15.8. The summed E-state index contributed by atoms with van der Waals surface area (Å²) in [6, 6.07) is 7.21. The number of aryl methyl sites for hydroxylation is 1. The molecular weight excluding hydrogens is 376 g/mol. The number of amides is 1. The van der Waals surface area contributed by atoms with Crippen molar-refractivity contribution in [1.82, 2.24) is 29.0 Å². The van der Waals surface area contributed by atoms with Crippen LogP contribution in [0, 0.1) is 0 Å². The number of rotatable bonds is 5. The van der Waals surface area contributed by atoms with E-state index in [0.29, 0.717) is 11.5 Å². The molecule has 0 unspecified atom stereocenters. The van der Waals surface area contributed by atoms with Crippen LogP contribution >= 0.6 is 0 Å². The van der Waals surface area contributed by atoms with Gasteiger partial charge in [-0.3, -0.25) is 23.7 Å². The topological polar surface area (TPSA) is 117 Å². The molecule has 10 nitrogen and oxygen atoms in total. The van der Waals surface area contributed by atoms with Gasteiger partial charge in [0, 0.05) is 26.8 Å². The van der Waals surface area contributed by atoms with Gasteiger partial charge >= 0.3 is 5.69 Å². The maximum atomic E-state index is 12.4. The van der Waals surface area contributed by atoms with E-state index in [0.717, 1.165) is 10.1 Å². The Bertz CT molecular complexity index is 1310. The summed E-state index contributed by atoms with van der Waals surface area (Å²) >= 11 is 0. The Morgan fingerprint density at radius 3 is 2.76 bits per heavy atom. The number of nitrogens with zero attached hydrogens (tertiary/aromatic N) is 5. The van der Waals surface area contributed by atoms with Gasteiger partial charge in [-0.25, -0.2) is 9.78 Å². The van der Waals surface area contributed by atoms with Crippen molar-refractivity contribution in [2.45, 2.75) is 13.1 Å². The number of hydrogen-bond acceptors (Lipinski definition) is 6. The van der Waals surface area contributed by atoms with Crippen molar-refractivity contribution in [2.75, 3.05) is 0 Å². The van der Waals surface area contributed by atoms with E-state index >= 15 is 0 Å². The molecular formula is C19H18N6O4. The number of hydrogen-bond donors (Lipinski definition) is 1. The zero-order chi connectivity index (χ0) is 20.5. The first-order chi connectivity index (χ1) is 14.0. The molecule has 4 heterocycles. The van der Waals surface area contributed by atoms with Gasteiger partial charge in [-0.05, 0) is 29.8 Å². The zero-order valence-corrected chi connectivity index (χ0v) is 15.8. The molecule has 0 bridgehead atoms. The van der Waals surface area contributed by atoms with Gasteiger partial charge in [0.25, 0.3) is 5.56 Å². The highest BCUT2D eigenvalue weighted by Gasteiger charge is 2.16. The van der Waals surface area contributed by atoms with Crippen molar-refractivity contribution < 1.29 is 9.21 Å². The molecule has 0 aliphatic carbocycles. The fourth-order valence-corrected chi connectivity index (χ4v) is 3.07. The first kappa shape index (κ1) is 18.4. The van der Waals surface area contributed by atoms with Gasteiger partial charge < -0.3 is 14.3 Å². The van der Waals surface area contributed by atoms with E-state index in [2.05, 4.69) is 15.3 Å². The number of fused-ring (bicyclic) bond motifs is 1. The standard InChI is InChI=1S/C19H18N6O4/c1-23-17-16(18(27)24(2)19(23)28)25(11-22-17)10-15(26)21-9-12-5-6-20-13(8-12)14-4-3-7-29-14/h3-8,11H,9-10H2,1-2H3,(H,21,26). The fourth-order valence-electron chi connectivity index (χ4n) is 3.07. The average molecular weight is 394 g/mol. The SMILES string of the molecule is Cn1c(=O)c2c(ncn2CC(=O)NCc2ccnc(-c3ccco3)c2)n(C)c1=O. The van der Waals surface area contributed by atoms with E-state index in [4.69, 9.17) is 4.42 Å². The summed E-state index contributed by atoms with van der Waals surface area (Å²) in [5, 5.41) is 2.81. The molecule has 1 amide bonds. The third-order valence-corrected chi connectivity index (χ3v) is 4.62. The summed E-state index contributed by atoms with van der Waals surface area (Å²) in [7, 11) is 2.92. The fraction of sp³-hybridized carbons (Fsp3) is 0.211. The molecule has 1 N–H and O–H groups in total. The average Bonchev–Trinajstić information content (AvgIpc) is 3.40. The Hall–Kier alpha value is -3.95. The van der Waals surface area contributed by atoms with Gasteiger partial charge in [0.1, 0.15) is 12.2 Å². The van der Waals surface area contributed by atoms with Gasteiger partial charge in [0.15, 0.2) is 16.9 Å². The highest BCUT2D eigenvalue weighted by atomic mass is 16.3. The van der Waals surface area contributed by atoms with Crippen molar-refractivity contribution in [2.24, 2.45) is 14.1 Å². The number of pyridine rings is 1. The maximum Gasteiger partial charge on any atom is 0.332 e. The number of aromatic nitrogens is 5. The molecule has 4 aromatic heterocycles. The van der Waals surface area contributed by atoms with Gasteiger partial charge in [0.05, 0.1) is 12.6 Å². The summed E-state index contributed by atoms with van der Waals surface area (Å²) in [5.74, 6) is 0.348. The van der Waals surface area contributed by atoms with Gasteiger partial charge in [0.2, 0.25) is 5.91 Å². The Kier molecular flexibility index (Phi) is 4.59. The van der Waals surface area contributed by atoms with Crippen LogP contribution in [0.2, 0.25) is 0 Å². The summed E-state index contributed by atoms with van der Waals surface area (Å²) in [5.41, 5.74) is 1.00. The van der Waals surface area contributed by atoms with E-state index in [9.17, 15) is 14.4 Å². The maximum absolute atomic E-state index is 12.4. The lowest BCUT2D eigenvalue weighted by molar-refractivity contribution is -0.121. The minimum Gasteiger partial charge on any atom is -0.463 e. The number of imidazole rings is 1. The molecule has 0 spiro atoms. The third kappa shape index (κ3) is 3.35. The summed E-state index contributed by atoms with van der Waals surface area (Å²) in [6.07, 6.45) is 4.60. The third-order valence-electron chi connectivity index (χ3n) is 4.62. The van der Waals surface area contributed by atoms with Crippen molar-refractivity contribution in [1.29, 1.82) is 0 Å². The molecule has 4 rings (SSSR count). The Morgan fingerprint density at radius 1 is 1.17 bits per heavy atom. The first-order valence-electron chi connectivity index (χ1n) is 8.82. The molecule has 0 aliphatic heterocycles. The van der Waals surface area contributed by atoms with Crippen molar-refractivity contribution >= 4 is 17.1 Å². The molecule has 0 aliphatic rings. The summed E-state index contributed by atoms with van der Waals surface area (Å²) in [6.45, 7) is 0.193. The van der Waals surface area contributed by atoms with Crippen molar-refractivity contribution in [3.63, 3.8) is 0 Å². The summed E-state index contributed by atoms with van der Waals surface area (Å²) < 4.78 is 9.04. The van der Waals surface area contributed by atoms with Crippen LogP contribution in [-0.2, 0) is 32.0 Å². The minimum absolute atomic E-state index is 0.0972. The Labute approximate surface area is 164 Å². The van der Waals surface area contributed by atoms with Crippen LogP contribution in [0.1, 0.15) is 5.56 Å². The lowest BCUT2D eigenvalue weighted by Crippen LogP contribution is -2.38. The van der Waals surface area contributed by atoms with Crippen molar-refractivity contribution in [3.8, 4) is 11.5 Å². The van der Waals surface area contributed by atoms with Gasteiger partial charge in [-0.15, -0.1) is 0 Å². The lowest BCUT2D eigenvalue weighted by Gasteiger charge is -2.08. The van der Waals surface area contributed by atoms with E-state index in [1.54, 1.807) is 24.6 Å². The second-order valence-corrected chi connectivity index (χ2v) is 6.55. The molecule has 148 valence electrons. The van der Waals surface area contributed by atoms with Gasteiger partial charge in [-0.2, -0.15) is 0 Å². The van der Waals surface area contributed by atoms with Crippen molar-refractivity contribution in [3.05, 3.63) is 69.5 Å². The van der Waals surface area contributed by atoms with Crippen LogP contribution in [0.4, 0.5) is 0 Å². The largest absolute Gasteiger partial charge is 0.463 e. The monoisotopic (exact) mass is 394 g/mol. The predicted octanol–water partition coefficient (Wildman–Crippen LogP) is 0.405. The first-order valence-corrected chi connectivity index (χ1v) is 8.82. The van der Waals surface area contributed by atoms with Crippen LogP contribution in [-0.4, -0.2) is 29.6 Å². The van der Waals surface area contributed by atoms with Crippen LogP contribution in [0.25, 0.3) is 22.6 Å². The minimum atomic E-state index is -0.495. The number of nitrogens with one attached hydrogen (secondary N) is 1. The number of carbonyl (C=O) groups excluding carboxylic acids is 1. The number of furan rings is 1. The molecule has 0 fully saturated rings. The lowest BCUT2D eigenvalue weighted by atomic mass is 10.2. The Morgan fingerprint density at radius 2 is 2.00 bits per heavy atom. The highest BCUT2D eigenvalue weighted by molar-refractivity contribution is 5.78. The molecule has 0 atom stereocenters. The van der Waals surface area contributed by atoms with E-state index in [-0.39, 0.29) is 30.2 Å². The second-order valence-electron chi connectivity index (χ2n) is 6.55. The van der Waals surface area contributed by atoms with E-state index in [1.807, 2.05) is 12.1 Å². The molecule has 29 heavy (non-hydrogen) atoms. The predicted molar refractivity (Wildman–Crippen MR) is 104 cm³/mol. The normalized spacial score (nSPS) is 11.1. The molecule has 0 aromatic carbocycles. The molecule has 0 radical (unpaired) electrons. The quantitative estimate of drug-likeness (QED) is 0.524. The van der Waals surface area contributed by atoms with E-state index < -0.39 is 11.2 Å². The number of carbonyl (C=O) groups is 1. The summed E-state index contributed by atoms with van der Waals surface area (Å²) in [4.78, 5) is 45.2. The molecule has 4 aromatic rings.